The van der Waals surface area contributed by atoms with Crippen molar-refractivity contribution in [3.63, 3.8) is 0 Å². The van der Waals surface area contributed by atoms with Crippen molar-refractivity contribution in [3.8, 4) is 0 Å². The van der Waals surface area contributed by atoms with Gasteiger partial charge in [0.25, 0.3) is 0 Å². The Morgan fingerprint density at radius 3 is 2.79 bits per heavy atom. The number of nitrogens with one attached hydrogen (secondary N) is 1. The van der Waals surface area contributed by atoms with Gasteiger partial charge in [0.15, 0.2) is 0 Å². The molecule has 1 N–H and O–H groups in total. The third-order valence-corrected chi connectivity index (χ3v) is 1.40. The third-order valence-electron chi connectivity index (χ3n) is 1.40. The van der Waals surface area contributed by atoms with E-state index >= 15 is 0 Å². The Balaban J connectivity index is 2.16. The number of aryl methyl sites for hydroxylation is 1. The Morgan fingerprint density at radius 1 is 1.57 bits per heavy atom. The zero-order valence-electron chi connectivity index (χ0n) is 7.51. The van der Waals surface area contributed by atoms with Gasteiger partial charge in [0, 0.05) is 19.8 Å². The molecule has 0 unspecified atom stereocenters. The average Bonchev–Trinajstić information content (AvgIpc) is 2.44. The van der Waals surface area contributed by atoms with E-state index < -0.39 is 13.0 Å². The molecule has 1 heterocycles. The molecule has 0 aromatic carbocycles. The largest absolute Gasteiger partial charge is 0.522 e. The molecule has 14 heavy (non-hydrogen) atoms. The van der Waals surface area contributed by atoms with E-state index in [1.54, 1.807) is 17.9 Å². The van der Waals surface area contributed by atoms with Crippen molar-refractivity contribution >= 4 is 5.69 Å². The maximum Gasteiger partial charge on any atom is 0.522 e. The van der Waals surface area contributed by atoms with Crippen molar-refractivity contribution in [3.05, 3.63) is 12.4 Å². The van der Waals surface area contributed by atoms with Crippen molar-refractivity contribution in [2.45, 2.75) is 6.36 Å². The monoisotopic (exact) mass is 209 g/mol. The lowest BCUT2D eigenvalue weighted by molar-refractivity contribution is -0.322. The van der Waals surface area contributed by atoms with E-state index in [0.29, 0.717) is 5.69 Å². The van der Waals surface area contributed by atoms with Crippen LogP contribution < -0.4 is 5.32 Å². The topological polar surface area (TPSA) is 39.1 Å². The van der Waals surface area contributed by atoms with Crippen molar-refractivity contribution in [2.75, 3.05) is 18.5 Å². The fourth-order valence-electron chi connectivity index (χ4n) is 0.875. The van der Waals surface area contributed by atoms with Crippen molar-refractivity contribution in [1.82, 2.24) is 9.78 Å². The summed E-state index contributed by atoms with van der Waals surface area (Å²) in [7, 11) is 1.72. The van der Waals surface area contributed by atoms with E-state index in [1.807, 2.05) is 0 Å². The van der Waals surface area contributed by atoms with Crippen LogP contribution >= 0.6 is 0 Å². The second-order valence-electron chi connectivity index (χ2n) is 2.62. The van der Waals surface area contributed by atoms with Gasteiger partial charge in [-0.3, -0.25) is 9.42 Å². The van der Waals surface area contributed by atoms with Crippen LogP contribution in [0.2, 0.25) is 0 Å². The predicted molar refractivity (Wildman–Crippen MR) is 43.7 cm³/mol. The fourth-order valence-corrected chi connectivity index (χ4v) is 0.875. The molecule has 4 nitrogen and oxygen atoms in total. The van der Waals surface area contributed by atoms with E-state index in [-0.39, 0.29) is 6.54 Å². The highest BCUT2D eigenvalue weighted by Gasteiger charge is 2.28. The molecule has 0 fully saturated rings. The number of hydrogen-bond acceptors (Lipinski definition) is 3. The maximum atomic E-state index is 11.5. The summed E-state index contributed by atoms with van der Waals surface area (Å²) in [6.45, 7) is -0.330. The quantitative estimate of drug-likeness (QED) is 0.761. The molecule has 0 spiro atoms. The standard InChI is InChI=1S/C7H10F3N3O/c1-13-5-6(4-12-13)11-2-3-14-7(8,9)10/h4-5,11H,2-3H2,1H3. The Labute approximate surface area is 78.7 Å². The van der Waals surface area contributed by atoms with Crippen LogP contribution in [-0.2, 0) is 11.8 Å². The molecule has 0 radical (unpaired) electrons. The summed E-state index contributed by atoms with van der Waals surface area (Å²) in [6, 6.07) is 0. The predicted octanol–water partition coefficient (Wildman–Crippen LogP) is 1.37. The summed E-state index contributed by atoms with van der Waals surface area (Å²) in [5.74, 6) is 0. The molecule has 0 aliphatic rings. The molecule has 0 saturated heterocycles. The smallest absolute Gasteiger partial charge is 0.380 e. The molecule has 0 bridgehead atoms. The van der Waals surface area contributed by atoms with E-state index in [2.05, 4.69) is 15.2 Å². The normalized spacial score (nSPS) is 11.7. The average molecular weight is 209 g/mol. The molecule has 0 amide bonds. The van der Waals surface area contributed by atoms with Gasteiger partial charge in [0.05, 0.1) is 18.5 Å². The second-order valence-corrected chi connectivity index (χ2v) is 2.62. The Bertz CT molecular complexity index is 284. The molecule has 1 rings (SSSR count). The van der Waals surface area contributed by atoms with Crippen molar-refractivity contribution in [1.29, 1.82) is 0 Å². The van der Waals surface area contributed by atoms with Crippen LogP contribution in [-0.4, -0.2) is 29.3 Å². The zero-order chi connectivity index (χ0) is 10.6. The number of nitrogens with zero attached hydrogens (tertiary/aromatic N) is 2. The molecule has 0 aliphatic heterocycles. The highest BCUT2D eigenvalue weighted by molar-refractivity contribution is 5.37. The molecule has 1 aromatic heterocycles. The molecule has 1 aromatic rings. The molecule has 80 valence electrons. The van der Waals surface area contributed by atoms with Gasteiger partial charge in [0.1, 0.15) is 0 Å². The SMILES string of the molecule is Cn1cc(NCCOC(F)(F)F)cn1. The molecule has 0 saturated carbocycles. The number of ether oxygens (including phenoxy) is 1. The summed E-state index contributed by atoms with van der Waals surface area (Å²) >= 11 is 0. The lowest BCUT2D eigenvalue weighted by atomic mass is 10.5. The van der Waals surface area contributed by atoms with E-state index in [1.165, 1.54) is 6.20 Å². The number of anilines is 1. The van der Waals surface area contributed by atoms with Gasteiger partial charge in [-0.1, -0.05) is 0 Å². The van der Waals surface area contributed by atoms with Crippen molar-refractivity contribution < 1.29 is 17.9 Å². The number of rotatable bonds is 4. The first-order chi connectivity index (χ1) is 6.47. The van der Waals surface area contributed by atoms with Gasteiger partial charge in [-0.15, -0.1) is 13.2 Å². The number of alkyl halides is 3. The summed E-state index contributed by atoms with van der Waals surface area (Å²) in [5.41, 5.74) is 0.665. The van der Waals surface area contributed by atoms with Gasteiger partial charge < -0.3 is 5.32 Å². The van der Waals surface area contributed by atoms with Crippen LogP contribution in [0.15, 0.2) is 12.4 Å². The third kappa shape index (κ3) is 4.13. The minimum atomic E-state index is -4.56. The highest BCUT2D eigenvalue weighted by Crippen LogP contribution is 2.15. The second kappa shape index (κ2) is 4.32. The number of halogens is 3. The first-order valence-corrected chi connectivity index (χ1v) is 3.90. The van der Waals surface area contributed by atoms with Crippen LogP contribution in [0, 0.1) is 0 Å². The Morgan fingerprint density at radius 2 is 2.29 bits per heavy atom. The van der Waals surface area contributed by atoms with E-state index in [9.17, 15) is 13.2 Å². The van der Waals surface area contributed by atoms with Crippen LogP contribution in [0.1, 0.15) is 0 Å². The fraction of sp³-hybridized carbons (Fsp3) is 0.571. The first kappa shape index (κ1) is 10.8. The van der Waals surface area contributed by atoms with Crippen LogP contribution in [0.5, 0.6) is 0 Å². The molecule has 0 aliphatic carbocycles. The van der Waals surface area contributed by atoms with Crippen LogP contribution in [0.4, 0.5) is 18.9 Å². The molecular formula is C7H10F3N3O. The number of aromatic nitrogens is 2. The van der Waals surface area contributed by atoms with Gasteiger partial charge in [0.2, 0.25) is 0 Å². The van der Waals surface area contributed by atoms with Gasteiger partial charge in [-0.2, -0.15) is 5.10 Å². The van der Waals surface area contributed by atoms with E-state index in [0.717, 1.165) is 0 Å². The highest BCUT2D eigenvalue weighted by atomic mass is 19.4. The lowest BCUT2D eigenvalue weighted by Crippen LogP contribution is -2.19. The zero-order valence-corrected chi connectivity index (χ0v) is 7.51. The minimum Gasteiger partial charge on any atom is -0.380 e. The summed E-state index contributed by atoms with van der Waals surface area (Å²) in [4.78, 5) is 0. The van der Waals surface area contributed by atoms with Crippen LogP contribution in [0.25, 0.3) is 0 Å². The number of hydrogen-bond donors (Lipinski definition) is 1. The molecule has 0 atom stereocenters. The Kier molecular flexibility index (Phi) is 3.34. The van der Waals surface area contributed by atoms with Crippen molar-refractivity contribution in [2.24, 2.45) is 7.05 Å². The van der Waals surface area contributed by atoms with Crippen LogP contribution in [0.3, 0.4) is 0 Å². The minimum absolute atomic E-state index is 0.0885. The molecular weight excluding hydrogens is 199 g/mol. The maximum absolute atomic E-state index is 11.5. The van der Waals surface area contributed by atoms with Gasteiger partial charge >= 0.3 is 6.36 Å². The molecule has 7 heteroatoms. The van der Waals surface area contributed by atoms with Gasteiger partial charge in [-0.05, 0) is 0 Å². The Hall–Kier alpha value is -1.24. The van der Waals surface area contributed by atoms with Gasteiger partial charge in [-0.25, -0.2) is 0 Å². The summed E-state index contributed by atoms with van der Waals surface area (Å²) in [6.07, 6.45) is -1.38. The first-order valence-electron chi connectivity index (χ1n) is 3.90. The van der Waals surface area contributed by atoms with E-state index in [4.69, 9.17) is 0 Å². The lowest BCUT2D eigenvalue weighted by Gasteiger charge is -2.07. The summed E-state index contributed by atoms with van der Waals surface area (Å²) in [5, 5.41) is 6.56. The summed E-state index contributed by atoms with van der Waals surface area (Å²) < 4.78 is 39.7.